The van der Waals surface area contributed by atoms with E-state index in [-0.39, 0.29) is 0 Å². The zero-order chi connectivity index (χ0) is 10.6. The van der Waals surface area contributed by atoms with Crippen molar-refractivity contribution in [1.82, 2.24) is 5.32 Å². The first-order valence-corrected chi connectivity index (χ1v) is 6.92. The summed E-state index contributed by atoms with van der Waals surface area (Å²) in [7, 11) is 0. The lowest BCUT2D eigenvalue weighted by Crippen LogP contribution is -2.32. The van der Waals surface area contributed by atoms with E-state index in [1.54, 1.807) is 0 Å². The molecular weight excluding hydrogens is 190 g/mol. The normalized spacial score (nSPS) is 12.7. The van der Waals surface area contributed by atoms with Crippen molar-refractivity contribution >= 4 is 11.8 Å². The van der Waals surface area contributed by atoms with Crippen LogP contribution in [0.3, 0.4) is 0 Å². The van der Waals surface area contributed by atoms with Crippen LogP contribution < -0.4 is 5.32 Å². The van der Waals surface area contributed by atoms with Crippen molar-refractivity contribution in [3.8, 4) is 0 Å². The van der Waals surface area contributed by atoms with Gasteiger partial charge in [0.15, 0.2) is 0 Å². The van der Waals surface area contributed by atoms with Crippen LogP contribution in [0.5, 0.6) is 0 Å². The third-order valence-electron chi connectivity index (χ3n) is 2.17. The predicted molar refractivity (Wildman–Crippen MR) is 69.1 cm³/mol. The lowest BCUT2D eigenvalue weighted by Gasteiger charge is -2.17. The van der Waals surface area contributed by atoms with Gasteiger partial charge in [0.25, 0.3) is 0 Å². The molecule has 0 spiro atoms. The van der Waals surface area contributed by atoms with E-state index >= 15 is 0 Å². The van der Waals surface area contributed by atoms with E-state index in [0.29, 0.717) is 6.04 Å². The number of allylic oxidation sites excluding steroid dienone is 1. The van der Waals surface area contributed by atoms with Crippen molar-refractivity contribution in [3.63, 3.8) is 0 Å². The zero-order valence-corrected chi connectivity index (χ0v) is 10.5. The molecule has 14 heavy (non-hydrogen) atoms. The molecule has 0 aromatic heterocycles. The third kappa shape index (κ3) is 8.64. The number of hydrogen-bond donors (Lipinski definition) is 1. The van der Waals surface area contributed by atoms with Crippen LogP contribution in [0.4, 0.5) is 0 Å². The summed E-state index contributed by atoms with van der Waals surface area (Å²) in [6, 6.07) is 0.708. The topological polar surface area (TPSA) is 12.0 Å². The highest BCUT2D eigenvalue weighted by Crippen LogP contribution is 2.08. The van der Waals surface area contributed by atoms with E-state index in [0.717, 1.165) is 13.0 Å². The molecule has 1 N–H and O–H groups in total. The molecule has 0 rings (SSSR count). The molecule has 0 aliphatic rings. The van der Waals surface area contributed by atoms with Gasteiger partial charge in [-0.25, -0.2) is 0 Å². The third-order valence-corrected chi connectivity index (χ3v) is 3.21. The fraction of sp³-hybridized carbons (Fsp3) is 0.833. The van der Waals surface area contributed by atoms with E-state index in [9.17, 15) is 0 Å². The Morgan fingerprint density at radius 1 is 1.43 bits per heavy atom. The number of hydrogen-bond acceptors (Lipinski definition) is 2. The van der Waals surface area contributed by atoms with Crippen LogP contribution in [-0.4, -0.2) is 24.1 Å². The smallest absolute Gasteiger partial charge is 0.0158 e. The largest absolute Gasteiger partial charge is 0.313 e. The fourth-order valence-electron chi connectivity index (χ4n) is 1.36. The van der Waals surface area contributed by atoms with Crippen LogP contribution in [0.1, 0.15) is 39.5 Å². The molecule has 0 aliphatic heterocycles. The number of unbranched alkanes of at least 4 members (excludes halogenated alkanes) is 1. The first kappa shape index (κ1) is 14.1. The van der Waals surface area contributed by atoms with Crippen LogP contribution in [0, 0.1) is 0 Å². The molecule has 0 heterocycles. The lowest BCUT2D eigenvalue weighted by molar-refractivity contribution is 0.506. The molecule has 1 unspecified atom stereocenters. The Bertz CT molecular complexity index is 117. The summed E-state index contributed by atoms with van der Waals surface area (Å²) >= 11 is 2.04. The summed E-state index contributed by atoms with van der Waals surface area (Å²) in [6.45, 7) is 9.36. The Labute approximate surface area is 93.7 Å². The zero-order valence-electron chi connectivity index (χ0n) is 9.72. The van der Waals surface area contributed by atoms with Crippen molar-refractivity contribution in [2.45, 2.75) is 45.6 Å². The quantitative estimate of drug-likeness (QED) is 0.442. The second kappa shape index (κ2) is 11.1. The Kier molecular flexibility index (Phi) is 11.2. The van der Waals surface area contributed by atoms with Crippen molar-refractivity contribution < 1.29 is 0 Å². The fourth-order valence-corrected chi connectivity index (χ4v) is 2.17. The van der Waals surface area contributed by atoms with Gasteiger partial charge in [0.05, 0.1) is 0 Å². The van der Waals surface area contributed by atoms with E-state index in [1.807, 2.05) is 17.8 Å². The van der Waals surface area contributed by atoms with Crippen LogP contribution in [-0.2, 0) is 0 Å². The summed E-state index contributed by atoms with van der Waals surface area (Å²) in [5.41, 5.74) is 0. The first-order valence-electron chi connectivity index (χ1n) is 5.77. The molecule has 0 aliphatic carbocycles. The van der Waals surface area contributed by atoms with Crippen molar-refractivity contribution in [2.24, 2.45) is 0 Å². The van der Waals surface area contributed by atoms with E-state index in [2.05, 4.69) is 25.7 Å². The molecule has 1 nitrogen and oxygen atoms in total. The van der Waals surface area contributed by atoms with Gasteiger partial charge in [0.2, 0.25) is 0 Å². The van der Waals surface area contributed by atoms with E-state index in [4.69, 9.17) is 0 Å². The summed E-state index contributed by atoms with van der Waals surface area (Å²) in [6.07, 6.45) is 6.97. The van der Waals surface area contributed by atoms with Gasteiger partial charge in [0, 0.05) is 11.8 Å². The minimum atomic E-state index is 0.708. The molecular formula is C12H25NS. The monoisotopic (exact) mass is 215 g/mol. The van der Waals surface area contributed by atoms with Crippen molar-refractivity contribution in [3.05, 3.63) is 12.7 Å². The molecule has 0 radical (unpaired) electrons. The van der Waals surface area contributed by atoms with E-state index in [1.165, 1.54) is 30.8 Å². The standard InChI is InChI=1S/C12H25NS/c1-4-7-8-9-12(11-14-6-3)13-10-5-2/h4,12-13H,1,5-11H2,2-3H3. The van der Waals surface area contributed by atoms with Crippen molar-refractivity contribution in [2.75, 3.05) is 18.1 Å². The molecule has 1 atom stereocenters. The summed E-state index contributed by atoms with van der Waals surface area (Å²) in [4.78, 5) is 0. The number of thioether (sulfide) groups is 1. The second-order valence-corrected chi connectivity index (χ2v) is 4.85. The van der Waals surface area contributed by atoms with E-state index < -0.39 is 0 Å². The first-order chi connectivity index (χ1) is 6.85. The van der Waals surface area contributed by atoms with Crippen LogP contribution in [0.2, 0.25) is 0 Å². The average Bonchev–Trinajstić information content (AvgIpc) is 2.21. The average molecular weight is 215 g/mol. The van der Waals surface area contributed by atoms with Crippen molar-refractivity contribution in [1.29, 1.82) is 0 Å². The predicted octanol–water partition coefficient (Wildman–Crippen LogP) is 3.46. The maximum Gasteiger partial charge on any atom is 0.0158 e. The van der Waals surface area contributed by atoms with Crippen LogP contribution in [0.25, 0.3) is 0 Å². The minimum absolute atomic E-state index is 0.708. The maximum absolute atomic E-state index is 3.76. The van der Waals surface area contributed by atoms with Gasteiger partial charge in [-0.2, -0.15) is 11.8 Å². The molecule has 0 fully saturated rings. The second-order valence-electron chi connectivity index (χ2n) is 3.53. The molecule has 0 bridgehead atoms. The number of rotatable bonds is 10. The highest BCUT2D eigenvalue weighted by molar-refractivity contribution is 7.99. The summed E-state index contributed by atoms with van der Waals surface area (Å²) < 4.78 is 0. The number of nitrogens with one attached hydrogen (secondary N) is 1. The Balaban J connectivity index is 3.54. The Morgan fingerprint density at radius 2 is 2.21 bits per heavy atom. The molecule has 0 amide bonds. The minimum Gasteiger partial charge on any atom is -0.313 e. The molecule has 84 valence electrons. The highest BCUT2D eigenvalue weighted by atomic mass is 32.2. The molecule has 0 aromatic carbocycles. The van der Waals surface area contributed by atoms with Crippen LogP contribution >= 0.6 is 11.8 Å². The maximum atomic E-state index is 3.76. The molecule has 0 aromatic rings. The highest BCUT2D eigenvalue weighted by Gasteiger charge is 2.05. The van der Waals surface area contributed by atoms with Gasteiger partial charge in [-0.3, -0.25) is 0 Å². The Morgan fingerprint density at radius 3 is 2.79 bits per heavy atom. The Hall–Kier alpha value is 0.0500. The van der Waals surface area contributed by atoms with Gasteiger partial charge < -0.3 is 5.32 Å². The SMILES string of the molecule is C=CCCCC(CSCC)NCCC. The van der Waals surface area contributed by atoms with Gasteiger partial charge in [-0.1, -0.05) is 19.9 Å². The van der Waals surface area contributed by atoms with Gasteiger partial charge in [-0.15, -0.1) is 6.58 Å². The van der Waals surface area contributed by atoms with Crippen LogP contribution in [0.15, 0.2) is 12.7 Å². The lowest BCUT2D eigenvalue weighted by atomic mass is 10.1. The molecule has 0 saturated heterocycles. The molecule has 0 saturated carbocycles. The molecule has 2 heteroatoms. The van der Waals surface area contributed by atoms with Gasteiger partial charge >= 0.3 is 0 Å². The van der Waals surface area contributed by atoms with Gasteiger partial charge in [0.1, 0.15) is 0 Å². The van der Waals surface area contributed by atoms with Gasteiger partial charge in [-0.05, 0) is 38.0 Å². The summed E-state index contributed by atoms with van der Waals surface area (Å²) in [5.74, 6) is 2.49. The summed E-state index contributed by atoms with van der Waals surface area (Å²) in [5, 5.41) is 3.61.